The molecule has 24 heavy (non-hydrogen) atoms. The van der Waals surface area contributed by atoms with E-state index in [-0.39, 0.29) is 5.88 Å². The number of methoxy groups -OCH3 is 1. The van der Waals surface area contributed by atoms with Gasteiger partial charge in [0.25, 0.3) is 0 Å². The van der Waals surface area contributed by atoms with Crippen molar-refractivity contribution in [2.45, 2.75) is 13.1 Å². The Kier molecular flexibility index (Phi) is 5.12. The molecule has 0 radical (unpaired) electrons. The second-order valence-corrected chi connectivity index (χ2v) is 5.90. The molecule has 1 aromatic carbocycles. The SMILES string of the molecule is COc1ccc(CN2CCN(Cc3ccc([N+](=O)[O-])o3)CC2)cc1. The maximum absolute atomic E-state index is 10.6. The van der Waals surface area contributed by atoms with Crippen LogP contribution in [-0.2, 0) is 13.1 Å². The minimum absolute atomic E-state index is 0.192. The van der Waals surface area contributed by atoms with Gasteiger partial charge in [-0.05, 0) is 23.8 Å². The van der Waals surface area contributed by atoms with Crippen molar-refractivity contribution in [3.63, 3.8) is 0 Å². The summed E-state index contributed by atoms with van der Waals surface area (Å²) in [5, 5.41) is 10.6. The van der Waals surface area contributed by atoms with Crippen LogP contribution in [0.3, 0.4) is 0 Å². The lowest BCUT2D eigenvalue weighted by molar-refractivity contribution is -0.402. The highest BCUT2D eigenvalue weighted by atomic mass is 16.6. The van der Waals surface area contributed by atoms with Crippen molar-refractivity contribution in [3.05, 3.63) is 57.8 Å². The third kappa shape index (κ3) is 4.12. The number of piperazine rings is 1. The molecule has 1 fully saturated rings. The van der Waals surface area contributed by atoms with E-state index in [4.69, 9.17) is 9.15 Å². The molecule has 2 heterocycles. The average molecular weight is 331 g/mol. The van der Waals surface area contributed by atoms with E-state index >= 15 is 0 Å². The van der Waals surface area contributed by atoms with Crippen LogP contribution < -0.4 is 4.74 Å². The van der Waals surface area contributed by atoms with Crippen molar-refractivity contribution in [1.29, 1.82) is 0 Å². The summed E-state index contributed by atoms with van der Waals surface area (Å²) in [6.45, 7) is 5.31. The highest BCUT2D eigenvalue weighted by Crippen LogP contribution is 2.18. The number of nitro groups is 1. The molecule has 1 aromatic heterocycles. The molecule has 0 spiro atoms. The highest BCUT2D eigenvalue weighted by molar-refractivity contribution is 5.27. The summed E-state index contributed by atoms with van der Waals surface area (Å²) in [6, 6.07) is 11.2. The summed E-state index contributed by atoms with van der Waals surface area (Å²) < 4.78 is 10.4. The lowest BCUT2D eigenvalue weighted by atomic mass is 10.2. The summed E-state index contributed by atoms with van der Waals surface area (Å²) in [4.78, 5) is 14.8. The van der Waals surface area contributed by atoms with Gasteiger partial charge < -0.3 is 9.15 Å². The molecule has 128 valence electrons. The van der Waals surface area contributed by atoms with E-state index in [0.717, 1.165) is 38.5 Å². The van der Waals surface area contributed by atoms with Gasteiger partial charge in [-0.15, -0.1) is 0 Å². The molecule has 0 aliphatic carbocycles. The summed E-state index contributed by atoms with van der Waals surface area (Å²) in [7, 11) is 1.67. The Bertz CT molecular complexity index is 675. The number of hydrogen-bond donors (Lipinski definition) is 0. The predicted octanol–water partition coefficient (Wildman–Crippen LogP) is 2.51. The zero-order valence-electron chi connectivity index (χ0n) is 13.7. The van der Waals surface area contributed by atoms with Crippen molar-refractivity contribution < 1.29 is 14.1 Å². The van der Waals surface area contributed by atoms with Gasteiger partial charge in [-0.3, -0.25) is 19.9 Å². The fourth-order valence-corrected chi connectivity index (χ4v) is 2.86. The normalized spacial score (nSPS) is 16.2. The number of hydrogen-bond acceptors (Lipinski definition) is 6. The molecule has 7 heteroatoms. The quantitative estimate of drug-likeness (QED) is 0.598. The first-order chi connectivity index (χ1) is 11.6. The van der Waals surface area contributed by atoms with Gasteiger partial charge in [0.1, 0.15) is 16.4 Å². The molecule has 0 unspecified atom stereocenters. The van der Waals surface area contributed by atoms with E-state index in [9.17, 15) is 10.1 Å². The molecule has 1 aliphatic heterocycles. The topological polar surface area (TPSA) is 72.0 Å². The van der Waals surface area contributed by atoms with E-state index in [0.29, 0.717) is 12.3 Å². The number of rotatable bonds is 6. The molecule has 1 aliphatic rings. The number of furan rings is 1. The van der Waals surface area contributed by atoms with Crippen molar-refractivity contribution in [1.82, 2.24) is 9.80 Å². The first kappa shape index (κ1) is 16.5. The lowest BCUT2D eigenvalue weighted by Crippen LogP contribution is -2.45. The average Bonchev–Trinajstić information content (AvgIpc) is 3.06. The van der Waals surface area contributed by atoms with Gasteiger partial charge in [-0.25, -0.2) is 0 Å². The molecular weight excluding hydrogens is 310 g/mol. The Morgan fingerprint density at radius 3 is 2.21 bits per heavy atom. The van der Waals surface area contributed by atoms with E-state index in [1.807, 2.05) is 12.1 Å². The number of ether oxygens (including phenoxy) is 1. The summed E-state index contributed by atoms with van der Waals surface area (Å²) in [5.41, 5.74) is 1.27. The van der Waals surface area contributed by atoms with Crippen LogP contribution >= 0.6 is 0 Å². The van der Waals surface area contributed by atoms with Crippen molar-refractivity contribution in [3.8, 4) is 5.75 Å². The summed E-state index contributed by atoms with van der Waals surface area (Å²) >= 11 is 0. The Balaban J connectivity index is 1.47. The van der Waals surface area contributed by atoms with Crippen LogP contribution in [0.25, 0.3) is 0 Å². The monoisotopic (exact) mass is 331 g/mol. The third-order valence-corrected chi connectivity index (χ3v) is 4.24. The number of benzene rings is 1. The second-order valence-electron chi connectivity index (χ2n) is 5.90. The largest absolute Gasteiger partial charge is 0.497 e. The zero-order valence-corrected chi connectivity index (χ0v) is 13.7. The Morgan fingerprint density at radius 2 is 1.67 bits per heavy atom. The Labute approximate surface area is 140 Å². The van der Waals surface area contributed by atoms with Gasteiger partial charge >= 0.3 is 5.88 Å². The Hall–Kier alpha value is -2.38. The van der Waals surface area contributed by atoms with E-state index in [1.54, 1.807) is 13.2 Å². The molecule has 0 saturated carbocycles. The van der Waals surface area contributed by atoms with Crippen LogP contribution in [0.5, 0.6) is 5.75 Å². The van der Waals surface area contributed by atoms with Crippen LogP contribution in [0.4, 0.5) is 5.88 Å². The van der Waals surface area contributed by atoms with Gasteiger partial charge in [0.2, 0.25) is 0 Å². The van der Waals surface area contributed by atoms with Crippen LogP contribution in [0.1, 0.15) is 11.3 Å². The van der Waals surface area contributed by atoms with Crippen LogP contribution in [0, 0.1) is 10.1 Å². The molecule has 0 atom stereocenters. The molecule has 3 rings (SSSR count). The smallest absolute Gasteiger partial charge is 0.433 e. The molecule has 0 N–H and O–H groups in total. The molecular formula is C17H21N3O4. The van der Waals surface area contributed by atoms with Gasteiger partial charge in [-0.1, -0.05) is 12.1 Å². The van der Waals surface area contributed by atoms with Gasteiger partial charge in [0.05, 0.1) is 19.7 Å². The molecule has 7 nitrogen and oxygen atoms in total. The van der Waals surface area contributed by atoms with Crippen LogP contribution in [-0.4, -0.2) is 48.0 Å². The minimum atomic E-state index is -0.504. The molecule has 1 saturated heterocycles. The second kappa shape index (κ2) is 7.46. The fourth-order valence-electron chi connectivity index (χ4n) is 2.86. The minimum Gasteiger partial charge on any atom is -0.497 e. The van der Waals surface area contributed by atoms with Crippen molar-refractivity contribution in [2.75, 3.05) is 33.3 Å². The maximum atomic E-state index is 10.6. The standard InChI is InChI=1S/C17H21N3O4/c1-23-15-4-2-14(3-5-15)12-18-8-10-19(11-9-18)13-16-6-7-17(24-16)20(21)22/h2-7H,8-13H2,1H3. The third-order valence-electron chi connectivity index (χ3n) is 4.24. The first-order valence-electron chi connectivity index (χ1n) is 7.95. The van der Waals surface area contributed by atoms with Crippen LogP contribution in [0.15, 0.2) is 40.8 Å². The van der Waals surface area contributed by atoms with Crippen molar-refractivity contribution in [2.24, 2.45) is 0 Å². The van der Waals surface area contributed by atoms with Crippen molar-refractivity contribution >= 4 is 5.88 Å². The maximum Gasteiger partial charge on any atom is 0.433 e. The molecule has 2 aromatic rings. The van der Waals surface area contributed by atoms with Gasteiger partial charge in [0.15, 0.2) is 0 Å². The summed E-state index contributed by atoms with van der Waals surface area (Å²) in [6.07, 6.45) is 0. The van der Waals surface area contributed by atoms with Gasteiger partial charge in [0, 0.05) is 32.7 Å². The predicted molar refractivity (Wildman–Crippen MR) is 88.9 cm³/mol. The van der Waals surface area contributed by atoms with Gasteiger partial charge in [-0.2, -0.15) is 0 Å². The molecule has 0 amide bonds. The fraction of sp³-hybridized carbons (Fsp3) is 0.412. The number of nitrogens with zero attached hydrogens (tertiary/aromatic N) is 3. The van der Waals surface area contributed by atoms with E-state index < -0.39 is 4.92 Å². The van der Waals surface area contributed by atoms with E-state index in [2.05, 4.69) is 21.9 Å². The van der Waals surface area contributed by atoms with Crippen LogP contribution in [0.2, 0.25) is 0 Å². The lowest BCUT2D eigenvalue weighted by Gasteiger charge is -2.34. The zero-order chi connectivity index (χ0) is 16.9. The Morgan fingerprint density at radius 1 is 1.04 bits per heavy atom. The highest BCUT2D eigenvalue weighted by Gasteiger charge is 2.19. The van der Waals surface area contributed by atoms with E-state index in [1.165, 1.54) is 11.6 Å². The first-order valence-corrected chi connectivity index (χ1v) is 7.95. The summed E-state index contributed by atoms with van der Waals surface area (Å²) in [5.74, 6) is 1.32. The molecule has 0 bridgehead atoms.